The minimum absolute atomic E-state index is 0.0329. The van der Waals surface area contributed by atoms with Crippen LogP contribution in [0.15, 0.2) is 24.8 Å². The Morgan fingerprint density at radius 3 is 2.75 bits per heavy atom. The number of aromatic nitrogens is 4. The highest BCUT2D eigenvalue weighted by molar-refractivity contribution is 5.90. The van der Waals surface area contributed by atoms with Crippen LogP contribution >= 0.6 is 0 Å². The third-order valence-corrected chi connectivity index (χ3v) is 2.32. The minimum Gasteiger partial charge on any atom is -0.462 e. The van der Waals surface area contributed by atoms with Crippen LogP contribution in [0.5, 0.6) is 0 Å². The molecule has 2 aromatic heterocycles. The standard InChI is InChI=1S/C11H9F3N4O2/c1-2-20-10(19)7-5-17-18(9(7)11(12,13)14)8-3-4-15-6-16-8/h3-6H,2H2,1H3. The summed E-state index contributed by atoms with van der Waals surface area (Å²) in [5.41, 5.74) is -1.88. The number of nitrogens with zero attached hydrogens (tertiary/aromatic N) is 4. The fourth-order valence-corrected chi connectivity index (χ4v) is 1.56. The topological polar surface area (TPSA) is 69.9 Å². The van der Waals surface area contributed by atoms with Gasteiger partial charge in [0.25, 0.3) is 0 Å². The summed E-state index contributed by atoms with van der Waals surface area (Å²) < 4.78 is 44.5. The second kappa shape index (κ2) is 5.27. The lowest BCUT2D eigenvalue weighted by Crippen LogP contribution is -2.19. The predicted octanol–water partition coefficient (Wildman–Crippen LogP) is 1.86. The first-order chi connectivity index (χ1) is 9.45. The first kappa shape index (κ1) is 14.0. The van der Waals surface area contributed by atoms with Gasteiger partial charge in [0, 0.05) is 12.3 Å². The van der Waals surface area contributed by atoms with Crippen molar-refractivity contribution in [3.8, 4) is 5.82 Å². The van der Waals surface area contributed by atoms with Crippen molar-refractivity contribution in [3.05, 3.63) is 36.0 Å². The summed E-state index contributed by atoms with van der Waals surface area (Å²) in [6, 6.07) is 1.25. The van der Waals surface area contributed by atoms with Gasteiger partial charge in [0.05, 0.1) is 12.8 Å². The maximum Gasteiger partial charge on any atom is 0.434 e. The molecule has 0 aliphatic heterocycles. The van der Waals surface area contributed by atoms with E-state index in [1.165, 1.54) is 19.2 Å². The van der Waals surface area contributed by atoms with Gasteiger partial charge >= 0.3 is 12.1 Å². The van der Waals surface area contributed by atoms with Crippen LogP contribution in [0.4, 0.5) is 13.2 Å². The van der Waals surface area contributed by atoms with E-state index in [-0.39, 0.29) is 12.4 Å². The maximum atomic E-state index is 13.1. The van der Waals surface area contributed by atoms with Crippen LogP contribution in [-0.4, -0.2) is 32.3 Å². The third-order valence-electron chi connectivity index (χ3n) is 2.32. The molecule has 6 nitrogen and oxygen atoms in total. The molecular weight excluding hydrogens is 277 g/mol. The number of hydrogen-bond donors (Lipinski definition) is 0. The number of halogens is 3. The zero-order valence-corrected chi connectivity index (χ0v) is 10.3. The van der Waals surface area contributed by atoms with Gasteiger partial charge in [-0.1, -0.05) is 0 Å². The summed E-state index contributed by atoms with van der Waals surface area (Å²) in [5.74, 6) is -1.18. The molecule has 0 fully saturated rings. The van der Waals surface area contributed by atoms with E-state index in [4.69, 9.17) is 0 Å². The monoisotopic (exact) mass is 286 g/mol. The molecule has 2 rings (SSSR count). The summed E-state index contributed by atoms with van der Waals surface area (Å²) in [5, 5.41) is 3.56. The number of alkyl halides is 3. The Labute approximate surface area is 111 Å². The number of esters is 1. The summed E-state index contributed by atoms with van der Waals surface area (Å²) >= 11 is 0. The highest BCUT2D eigenvalue weighted by Crippen LogP contribution is 2.33. The Hall–Kier alpha value is -2.45. The van der Waals surface area contributed by atoms with Gasteiger partial charge in [-0.25, -0.2) is 19.4 Å². The number of ether oxygens (including phenoxy) is 1. The van der Waals surface area contributed by atoms with E-state index in [1.807, 2.05) is 0 Å². The zero-order chi connectivity index (χ0) is 14.8. The molecule has 0 radical (unpaired) electrons. The maximum absolute atomic E-state index is 13.1. The molecule has 2 aromatic rings. The van der Waals surface area contributed by atoms with Gasteiger partial charge in [0.15, 0.2) is 11.5 Å². The largest absolute Gasteiger partial charge is 0.462 e. The molecule has 0 atom stereocenters. The van der Waals surface area contributed by atoms with E-state index >= 15 is 0 Å². The Bertz CT molecular complexity index is 610. The number of carbonyl (C=O) groups is 1. The van der Waals surface area contributed by atoms with Gasteiger partial charge in [0.1, 0.15) is 11.9 Å². The van der Waals surface area contributed by atoms with Crippen LogP contribution < -0.4 is 0 Å². The van der Waals surface area contributed by atoms with E-state index in [2.05, 4.69) is 19.8 Å². The first-order valence-corrected chi connectivity index (χ1v) is 5.54. The number of rotatable bonds is 3. The number of hydrogen-bond acceptors (Lipinski definition) is 5. The molecule has 0 saturated carbocycles. The Morgan fingerprint density at radius 2 is 2.20 bits per heavy atom. The van der Waals surface area contributed by atoms with Gasteiger partial charge in [-0.2, -0.15) is 18.3 Å². The summed E-state index contributed by atoms with van der Waals surface area (Å²) in [6.45, 7) is 1.47. The lowest BCUT2D eigenvalue weighted by molar-refractivity contribution is -0.143. The Morgan fingerprint density at radius 1 is 1.45 bits per heavy atom. The third kappa shape index (κ3) is 2.60. The van der Waals surface area contributed by atoms with Crippen molar-refractivity contribution in [3.63, 3.8) is 0 Å². The average molecular weight is 286 g/mol. The van der Waals surface area contributed by atoms with Gasteiger partial charge in [-0.15, -0.1) is 0 Å². The average Bonchev–Trinajstić information content (AvgIpc) is 2.84. The van der Waals surface area contributed by atoms with Crippen molar-refractivity contribution in [2.75, 3.05) is 6.61 Å². The SMILES string of the molecule is CCOC(=O)c1cnn(-c2ccncn2)c1C(F)(F)F. The highest BCUT2D eigenvalue weighted by atomic mass is 19.4. The van der Waals surface area contributed by atoms with Crippen molar-refractivity contribution in [2.45, 2.75) is 13.1 Å². The fourth-order valence-electron chi connectivity index (χ4n) is 1.56. The van der Waals surface area contributed by atoms with Gasteiger partial charge in [-0.05, 0) is 6.92 Å². The Kier molecular flexibility index (Phi) is 3.68. The fraction of sp³-hybridized carbons (Fsp3) is 0.273. The van der Waals surface area contributed by atoms with E-state index < -0.39 is 23.4 Å². The van der Waals surface area contributed by atoms with Crippen LogP contribution in [0.1, 0.15) is 23.0 Å². The predicted molar refractivity (Wildman–Crippen MR) is 60.1 cm³/mol. The quantitative estimate of drug-likeness (QED) is 0.805. The molecule has 20 heavy (non-hydrogen) atoms. The van der Waals surface area contributed by atoms with Crippen molar-refractivity contribution >= 4 is 5.97 Å². The molecule has 2 heterocycles. The van der Waals surface area contributed by atoms with Crippen molar-refractivity contribution in [2.24, 2.45) is 0 Å². The molecular formula is C11H9F3N4O2. The highest BCUT2D eigenvalue weighted by Gasteiger charge is 2.41. The molecule has 0 N–H and O–H groups in total. The molecule has 0 aliphatic carbocycles. The summed E-state index contributed by atoms with van der Waals surface area (Å²) in [4.78, 5) is 18.8. The van der Waals surface area contributed by atoms with E-state index in [0.717, 1.165) is 12.5 Å². The van der Waals surface area contributed by atoms with Gasteiger partial charge in [0.2, 0.25) is 0 Å². The Balaban J connectivity index is 2.57. The molecule has 0 aliphatic rings. The van der Waals surface area contributed by atoms with E-state index in [1.54, 1.807) is 0 Å². The van der Waals surface area contributed by atoms with E-state index in [0.29, 0.717) is 4.68 Å². The molecule has 9 heteroatoms. The van der Waals surface area contributed by atoms with Gasteiger partial charge in [-0.3, -0.25) is 0 Å². The summed E-state index contributed by atoms with van der Waals surface area (Å²) in [6.07, 6.45) is -1.61. The van der Waals surface area contributed by atoms with Crippen LogP contribution in [0.25, 0.3) is 5.82 Å². The lowest BCUT2D eigenvalue weighted by atomic mass is 10.2. The molecule has 0 saturated heterocycles. The summed E-state index contributed by atoms with van der Waals surface area (Å²) in [7, 11) is 0. The van der Waals surface area contributed by atoms with Crippen molar-refractivity contribution < 1.29 is 22.7 Å². The molecule has 0 aromatic carbocycles. The minimum atomic E-state index is -4.77. The van der Waals surface area contributed by atoms with Crippen LogP contribution in [0.2, 0.25) is 0 Å². The number of carbonyl (C=O) groups excluding carboxylic acids is 1. The first-order valence-electron chi connectivity index (χ1n) is 5.54. The smallest absolute Gasteiger partial charge is 0.434 e. The molecule has 0 spiro atoms. The zero-order valence-electron chi connectivity index (χ0n) is 10.3. The second-order valence-corrected chi connectivity index (χ2v) is 3.60. The van der Waals surface area contributed by atoms with Crippen LogP contribution in [0.3, 0.4) is 0 Å². The molecule has 0 amide bonds. The molecule has 0 bridgehead atoms. The van der Waals surface area contributed by atoms with E-state index in [9.17, 15) is 18.0 Å². The van der Waals surface area contributed by atoms with Crippen LogP contribution in [-0.2, 0) is 10.9 Å². The van der Waals surface area contributed by atoms with Crippen molar-refractivity contribution in [1.82, 2.24) is 19.7 Å². The van der Waals surface area contributed by atoms with Crippen LogP contribution in [0, 0.1) is 0 Å². The normalized spacial score (nSPS) is 11.4. The molecule has 0 unspecified atom stereocenters. The second-order valence-electron chi connectivity index (χ2n) is 3.60. The molecule has 106 valence electrons. The lowest BCUT2D eigenvalue weighted by Gasteiger charge is -2.11. The van der Waals surface area contributed by atoms with Crippen molar-refractivity contribution in [1.29, 1.82) is 0 Å². The van der Waals surface area contributed by atoms with Gasteiger partial charge < -0.3 is 4.74 Å².